The smallest absolute Gasteiger partial charge is 0.161 e. The Kier molecular flexibility index (Phi) is 5.65. The van der Waals surface area contributed by atoms with Gasteiger partial charge in [0.05, 0.1) is 14.2 Å². The van der Waals surface area contributed by atoms with E-state index in [1.165, 1.54) is 12.4 Å². The van der Waals surface area contributed by atoms with Crippen molar-refractivity contribution in [1.82, 2.24) is 9.97 Å². The van der Waals surface area contributed by atoms with Gasteiger partial charge in [-0.05, 0) is 29.8 Å². The number of nitrogens with one attached hydrogen (secondary N) is 2. The standard InChI is InChI=1S/C19H18F2N4O2/c1-26-16-6-3-12(7-17(16)27-2)10-22-18-9-19(24-11-23-18)25-13-4-5-14(20)15(21)8-13/h3-9,11H,10H2,1-2H3,(H2,22,23,24,25). The number of methoxy groups -OCH3 is 2. The van der Waals surface area contributed by atoms with E-state index in [2.05, 4.69) is 20.6 Å². The average molecular weight is 372 g/mol. The molecule has 27 heavy (non-hydrogen) atoms. The molecule has 3 rings (SSSR count). The van der Waals surface area contributed by atoms with Gasteiger partial charge in [0, 0.05) is 24.4 Å². The van der Waals surface area contributed by atoms with E-state index >= 15 is 0 Å². The van der Waals surface area contributed by atoms with Crippen LogP contribution >= 0.6 is 0 Å². The minimum Gasteiger partial charge on any atom is -0.493 e. The summed E-state index contributed by atoms with van der Waals surface area (Å²) in [5.74, 6) is 0.485. The molecule has 1 aromatic heterocycles. The summed E-state index contributed by atoms with van der Waals surface area (Å²) in [5, 5.41) is 6.08. The van der Waals surface area contributed by atoms with Crippen LogP contribution in [0.15, 0.2) is 48.8 Å². The summed E-state index contributed by atoms with van der Waals surface area (Å²) in [4.78, 5) is 8.23. The molecular formula is C19H18F2N4O2. The summed E-state index contributed by atoms with van der Waals surface area (Å²) in [6, 6.07) is 10.8. The summed E-state index contributed by atoms with van der Waals surface area (Å²) in [6.07, 6.45) is 1.37. The second-order valence-electron chi connectivity index (χ2n) is 5.59. The zero-order valence-corrected chi connectivity index (χ0v) is 14.8. The van der Waals surface area contributed by atoms with Gasteiger partial charge in [-0.25, -0.2) is 18.7 Å². The normalized spacial score (nSPS) is 10.4. The highest BCUT2D eigenvalue weighted by molar-refractivity contribution is 5.59. The van der Waals surface area contributed by atoms with Gasteiger partial charge < -0.3 is 20.1 Å². The molecule has 0 bridgehead atoms. The van der Waals surface area contributed by atoms with Crippen LogP contribution in [-0.2, 0) is 6.54 Å². The average Bonchev–Trinajstić information content (AvgIpc) is 2.69. The third-order valence-electron chi connectivity index (χ3n) is 3.78. The molecule has 0 aliphatic carbocycles. The number of halogens is 2. The second-order valence-corrected chi connectivity index (χ2v) is 5.59. The Hall–Kier alpha value is -3.42. The maximum atomic E-state index is 13.3. The predicted molar refractivity (Wildman–Crippen MR) is 98.5 cm³/mol. The Labute approximate surface area is 155 Å². The largest absolute Gasteiger partial charge is 0.493 e. The predicted octanol–water partition coefficient (Wildman–Crippen LogP) is 4.13. The van der Waals surface area contributed by atoms with Gasteiger partial charge >= 0.3 is 0 Å². The van der Waals surface area contributed by atoms with Crippen LogP contribution in [0.25, 0.3) is 0 Å². The number of benzene rings is 2. The van der Waals surface area contributed by atoms with E-state index in [0.717, 1.165) is 17.7 Å². The van der Waals surface area contributed by atoms with Crippen LogP contribution in [-0.4, -0.2) is 24.2 Å². The van der Waals surface area contributed by atoms with Gasteiger partial charge in [-0.15, -0.1) is 0 Å². The molecule has 0 aliphatic rings. The number of anilines is 3. The fourth-order valence-electron chi connectivity index (χ4n) is 2.43. The number of ether oxygens (including phenoxy) is 2. The van der Waals surface area contributed by atoms with Gasteiger partial charge in [0.15, 0.2) is 23.1 Å². The molecule has 0 aliphatic heterocycles. The van der Waals surface area contributed by atoms with E-state index in [1.54, 1.807) is 20.3 Å². The molecule has 0 fully saturated rings. The first-order chi connectivity index (χ1) is 13.1. The van der Waals surface area contributed by atoms with Crippen LogP contribution < -0.4 is 20.1 Å². The summed E-state index contributed by atoms with van der Waals surface area (Å²) >= 11 is 0. The van der Waals surface area contributed by atoms with E-state index in [0.29, 0.717) is 35.4 Å². The number of aromatic nitrogens is 2. The monoisotopic (exact) mass is 372 g/mol. The summed E-state index contributed by atoms with van der Waals surface area (Å²) < 4.78 is 36.8. The van der Waals surface area contributed by atoms with E-state index in [9.17, 15) is 8.78 Å². The summed E-state index contributed by atoms with van der Waals surface area (Å²) in [6.45, 7) is 0.502. The first-order valence-corrected chi connectivity index (χ1v) is 8.08. The minimum atomic E-state index is -0.930. The van der Waals surface area contributed by atoms with Crippen molar-refractivity contribution in [2.45, 2.75) is 6.54 Å². The Bertz CT molecular complexity index is 937. The second kappa shape index (κ2) is 8.31. The molecule has 6 nitrogen and oxygen atoms in total. The van der Waals surface area contributed by atoms with Gasteiger partial charge in [-0.2, -0.15) is 0 Å². The molecule has 0 atom stereocenters. The zero-order valence-electron chi connectivity index (χ0n) is 14.8. The number of rotatable bonds is 7. The van der Waals surface area contributed by atoms with Crippen molar-refractivity contribution in [3.05, 3.63) is 66.0 Å². The van der Waals surface area contributed by atoms with Crippen molar-refractivity contribution in [3.8, 4) is 11.5 Å². The lowest BCUT2D eigenvalue weighted by atomic mass is 10.2. The molecule has 2 aromatic carbocycles. The lowest BCUT2D eigenvalue weighted by molar-refractivity contribution is 0.354. The Morgan fingerprint density at radius 1 is 0.852 bits per heavy atom. The Balaban J connectivity index is 1.68. The summed E-state index contributed by atoms with van der Waals surface area (Å²) in [5.41, 5.74) is 1.36. The molecule has 140 valence electrons. The molecule has 2 N–H and O–H groups in total. The highest BCUT2D eigenvalue weighted by Crippen LogP contribution is 2.28. The maximum absolute atomic E-state index is 13.3. The molecular weight excluding hydrogens is 354 g/mol. The van der Waals surface area contributed by atoms with Crippen LogP contribution in [0.4, 0.5) is 26.1 Å². The van der Waals surface area contributed by atoms with Crippen molar-refractivity contribution in [2.75, 3.05) is 24.9 Å². The number of hydrogen-bond acceptors (Lipinski definition) is 6. The van der Waals surface area contributed by atoms with Gasteiger partial charge in [-0.3, -0.25) is 0 Å². The summed E-state index contributed by atoms with van der Waals surface area (Å²) in [7, 11) is 3.16. The van der Waals surface area contributed by atoms with Crippen molar-refractivity contribution in [2.24, 2.45) is 0 Å². The minimum absolute atomic E-state index is 0.387. The third-order valence-corrected chi connectivity index (χ3v) is 3.78. The number of nitrogens with zero attached hydrogens (tertiary/aromatic N) is 2. The zero-order chi connectivity index (χ0) is 19.2. The molecule has 0 spiro atoms. The van der Waals surface area contributed by atoms with Crippen LogP contribution in [0.2, 0.25) is 0 Å². The molecule has 1 heterocycles. The first kappa shape index (κ1) is 18.4. The highest BCUT2D eigenvalue weighted by atomic mass is 19.2. The topological polar surface area (TPSA) is 68.3 Å². The first-order valence-electron chi connectivity index (χ1n) is 8.08. The third kappa shape index (κ3) is 4.60. The van der Waals surface area contributed by atoms with Crippen molar-refractivity contribution in [3.63, 3.8) is 0 Å². The van der Waals surface area contributed by atoms with E-state index in [1.807, 2.05) is 18.2 Å². The molecule has 0 radical (unpaired) electrons. The lowest BCUT2D eigenvalue weighted by Crippen LogP contribution is -2.04. The van der Waals surface area contributed by atoms with Crippen molar-refractivity contribution < 1.29 is 18.3 Å². The van der Waals surface area contributed by atoms with Gasteiger partial charge in [0.2, 0.25) is 0 Å². The van der Waals surface area contributed by atoms with Gasteiger partial charge in [0.25, 0.3) is 0 Å². The SMILES string of the molecule is COc1ccc(CNc2cc(Nc3ccc(F)c(F)c3)ncn2)cc1OC. The fraction of sp³-hybridized carbons (Fsp3) is 0.158. The lowest BCUT2D eigenvalue weighted by Gasteiger charge is -2.11. The molecule has 0 unspecified atom stereocenters. The molecule has 0 saturated heterocycles. The van der Waals surface area contributed by atoms with Crippen LogP contribution in [0.3, 0.4) is 0 Å². The quantitative estimate of drug-likeness (QED) is 0.650. The van der Waals surface area contributed by atoms with Crippen LogP contribution in [0, 0.1) is 11.6 Å². The molecule has 0 amide bonds. The maximum Gasteiger partial charge on any atom is 0.161 e. The molecule has 3 aromatic rings. The molecule has 8 heteroatoms. The van der Waals surface area contributed by atoms with Gasteiger partial charge in [-0.1, -0.05) is 6.07 Å². The van der Waals surface area contributed by atoms with E-state index in [4.69, 9.17) is 9.47 Å². The fourth-order valence-corrected chi connectivity index (χ4v) is 2.43. The van der Waals surface area contributed by atoms with E-state index < -0.39 is 11.6 Å². The van der Waals surface area contributed by atoms with Crippen LogP contribution in [0.5, 0.6) is 11.5 Å². The van der Waals surface area contributed by atoms with Crippen LogP contribution in [0.1, 0.15) is 5.56 Å². The van der Waals surface area contributed by atoms with Crippen molar-refractivity contribution >= 4 is 17.3 Å². The molecule has 0 saturated carbocycles. The van der Waals surface area contributed by atoms with Crippen molar-refractivity contribution in [1.29, 1.82) is 0 Å². The highest BCUT2D eigenvalue weighted by Gasteiger charge is 2.06. The van der Waals surface area contributed by atoms with Gasteiger partial charge in [0.1, 0.15) is 18.0 Å². The Morgan fingerprint density at radius 3 is 2.37 bits per heavy atom. The van der Waals surface area contributed by atoms with E-state index in [-0.39, 0.29) is 0 Å². The Morgan fingerprint density at radius 2 is 1.63 bits per heavy atom. The number of hydrogen-bond donors (Lipinski definition) is 2.